The maximum absolute atomic E-state index is 13.3. The molecule has 0 fully saturated rings. The highest BCUT2D eigenvalue weighted by atomic mass is 79.9. The predicted octanol–water partition coefficient (Wildman–Crippen LogP) is 6.39. The van der Waals surface area contributed by atoms with Gasteiger partial charge in [-0.25, -0.2) is 10.2 Å². The number of hydrogen-bond donors (Lipinski definition) is 2. The second-order valence-corrected chi connectivity index (χ2v) is 11.0. The minimum atomic E-state index is -0.689. The molecule has 0 saturated carbocycles. The number of ether oxygens (including phenoxy) is 3. The Morgan fingerprint density at radius 3 is 2.44 bits per heavy atom. The van der Waals surface area contributed by atoms with Gasteiger partial charge in [-0.1, -0.05) is 57.9 Å². The zero-order chi connectivity index (χ0) is 30.3. The minimum Gasteiger partial charge on any atom is -0.454 e. The molecule has 0 spiro atoms. The molecule has 2 N–H and O–H groups in total. The highest BCUT2D eigenvalue weighted by Crippen LogP contribution is 2.34. The highest BCUT2D eigenvalue weighted by molar-refractivity contribution is 9.11. The lowest BCUT2D eigenvalue weighted by Gasteiger charge is -2.11. The minimum absolute atomic E-state index is 0.0635. The van der Waals surface area contributed by atoms with E-state index < -0.39 is 17.8 Å². The van der Waals surface area contributed by atoms with Crippen molar-refractivity contribution in [3.63, 3.8) is 0 Å². The van der Waals surface area contributed by atoms with E-state index in [2.05, 4.69) is 47.7 Å². The van der Waals surface area contributed by atoms with E-state index in [1.165, 1.54) is 12.3 Å². The first-order valence-electron chi connectivity index (χ1n) is 12.9. The van der Waals surface area contributed by atoms with Crippen molar-refractivity contribution < 1.29 is 28.6 Å². The third-order valence-electron chi connectivity index (χ3n) is 6.09. The van der Waals surface area contributed by atoms with Crippen LogP contribution in [0.15, 0.2) is 105 Å². The van der Waals surface area contributed by atoms with Gasteiger partial charge < -0.3 is 19.5 Å². The summed E-state index contributed by atoms with van der Waals surface area (Å²) in [6.07, 6.45) is 2.84. The van der Waals surface area contributed by atoms with Crippen molar-refractivity contribution in [3.05, 3.63) is 127 Å². The standard InChI is InChI=1S/C32H23Br2N3O6/c1-19-6-5-9-22(12-19)32(40)43-29-23(15-24(33)16-25(29)34)17-35-37-31(39)26(36-30(38)21-7-3-2-4-8-21)13-20-10-11-27-28(14-20)42-18-41-27/h2-17H,18H2,1H3,(H,36,38)(H,37,39)/b26-13-,35-17+. The van der Waals surface area contributed by atoms with Crippen LogP contribution in [0.5, 0.6) is 17.2 Å². The third kappa shape index (κ3) is 7.56. The number of nitrogens with one attached hydrogen (secondary N) is 2. The van der Waals surface area contributed by atoms with Gasteiger partial charge in [0.2, 0.25) is 6.79 Å². The molecule has 0 unspecified atom stereocenters. The summed E-state index contributed by atoms with van der Waals surface area (Å²) in [7, 11) is 0. The molecule has 2 amide bonds. The molecule has 0 radical (unpaired) electrons. The molecule has 0 atom stereocenters. The number of esters is 1. The summed E-state index contributed by atoms with van der Waals surface area (Å²) in [5.74, 6) is -0.406. The van der Waals surface area contributed by atoms with Crippen molar-refractivity contribution in [1.82, 2.24) is 10.7 Å². The van der Waals surface area contributed by atoms with Crippen molar-refractivity contribution in [3.8, 4) is 17.2 Å². The molecule has 43 heavy (non-hydrogen) atoms. The summed E-state index contributed by atoms with van der Waals surface area (Å²) < 4.78 is 17.7. The van der Waals surface area contributed by atoms with Crippen LogP contribution in [0.25, 0.3) is 6.08 Å². The molecule has 0 aliphatic carbocycles. The fourth-order valence-electron chi connectivity index (χ4n) is 4.04. The third-order valence-corrected chi connectivity index (χ3v) is 7.14. The predicted molar refractivity (Wildman–Crippen MR) is 168 cm³/mol. The molecule has 9 nitrogen and oxygen atoms in total. The average Bonchev–Trinajstić information content (AvgIpc) is 3.47. The first-order valence-corrected chi connectivity index (χ1v) is 14.4. The summed E-state index contributed by atoms with van der Waals surface area (Å²) in [5.41, 5.74) is 5.04. The largest absolute Gasteiger partial charge is 0.454 e. The molecule has 0 bridgehead atoms. The molecule has 0 saturated heterocycles. The SMILES string of the molecule is Cc1cccc(C(=O)Oc2c(Br)cc(Br)cc2/C=N/NC(=O)/C(=C/c2ccc3c(c2)OCO3)NC(=O)c2ccccc2)c1. The van der Waals surface area contributed by atoms with Crippen molar-refractivity contribution in [2.45, 2.75) is 6.92 Å². The average molecular weight is 705 g/mol. The first-order chi connectivity index (χ1) is 20.8. The molecule has 1 aliphatic rings. The number of hydrogen-bond acceptors (Lipinski definition) is 7. The summed E-state index contributed by atoms with van der Waals surface area (Å²) in [6, 6.07) is 24.1. The van der Waals surface area contributed by atoms with Gasteiger partial charge in [-0.15, -0.1) is 0 Å². The van der Waals surface area contributed by atoms with Crippen molar-refractivity contribution >= 4 is 61.9 Å². The molecule has 11 heteroatoms. The van der Waals surface area contributed by atoms with Gasteiger partial charge in [-0.05, 0) is 83.0 Å². The molecular formula is C32H23Br2N3O6. The van der Waals surface area contributed by atoms with Crippen LogP contribution in [-0.2, 0) is 4.79 Å². The second kappa shape index (κ2) is 13.5. The number of benzene rings is 4. The maximum atomic E-state index is 13.3. The van der Waals surface area contributed by atoms with Crippen LogP contribution in [-0.4, -0.2) is 30.8 Å². The number of aryl methyl sites for hydroxylation is 1. The van der Waals surface area contributed by atoms with Gasteiger partial charge in [0.05, 0.1) is 16.3 Å². The zero-order valence-corrected chi connectivity index (χ0v) is 25.8. The quantitative estimate of drug-likeness (QED) is 0.0723. The number of hydrazone groups is 1. The van der Waals surface area contributed by atoms with Crippen molar-refractivity contribution in [1.29, 1.82) is 0 Å². The van der Waals surface area contributed by atoms with Gasteiger partial charge in [0.1, 0.15) is 5.70 Å². The molecule has 0 aromatic heterocycles. The number of rotatable bonds is 8. The number of amides is 2. The monoisotopic (exact) mass is 703 g/mol. The Morgan fingerprint density at radius 2 is 1.65 bits per heavy atom. The van der Waals surface area contributed by atoms with Crippen molar-refractivity contribution in [2.75, 3.05) is 6.79 Å². The molecule has 1 heterocycles. The van der Waals surface area contributed by atoms with Gasteiger partial charge in [0.25, 0.3) is 11.8 Å². The van der Waals surface area contributed by atoms with Gasteiger partial charge in [0.15, 0.2) is 17.2 Å². The molecule has 4 aromatic rings. The first kappa shape index (κ1) is 29.7. The summed E-state index contributed by atoms with van der Waals surface area (Å²) >= 11 is 6.86. The normalized spacial score (nSPS) is 12.2. The van der Waals surface area contributed by atoms with E-state index in [0.29, 0.717) is 42.7 Å². The Kier molecular flexibility index (Phi) is 9.33. The Hall–Kier alpha value is -4.74. The lowest BCUT2D eigenvalue weighted by atomic mass is 10.1. The highest BCUT2D eigenvalue weighted by Gasteiger charge is 2.18. The van der Waals surface area contributed by atoms with Crippen molar-refractivity contribution in [2.24, 2.45) is 5.10 Å². The molecule has 5 rings (SSSR count). The summed E-state index contributed by atoms with van der Waals surface area (Å²) in [4.78, 5) is 39.1. The van der Waals surface area contributed by atoms with E-state index in [4.69, 9.17) is 14.2 Å². The van der Waals surface area contributed by atoms with E-state index in [1.807, 2.05) is 13.0 Å². The second-order valence-electron chi connectivity index (χ2n) is 9.25. The smallest absolute Gasteiger partial charge is 0.343 e. The van der Waals surface area contributed by atoms with E-state index in [-0.39, 0.29) is 18.2 Å². The molecule has 4 aromatic carbocycles. The lowest BCUT2D eigenvalue weighted by molar-refractivity contribution is -0.117. The zero-order valence-electron chi connectivity index (χ0n) is 22.6. The van der Waals surface area contributed by atoms with Gasteiger partial charge in [-0.2, -0.15) is 5.10 Å². The van der Waals surface area contributed by atoms with Crippen LogP contribution in [0.1, 0.15) is 37.4 Å². The number of nitrogens with zero attached hydrogens (tertiary/aromatic N) is 1. The van der Waals surface area contributed by atoms with Crippen LogP contribution in [0.3, 0.4) is 0 Å². The Labute approximate surface area is 263 Å². The fourth-order valence-corrected chi connectivity index (χ4v) is 5.38. The molecule has 216 valence electrons. The van der Waals surface area contributed by atoms with Gasteiger partial charge in [-0.3, -0.25) is 9.59 Å². The van der Waals surface area contributed by atoms with Crippen LogP contribution >= 0.6 is 31.9 Å². The van der Waals surface area contributed by atoms with Crippen LogP contribution in [0.4, 0.5) is 0 Å². The van der Waals surface area contributed by atoms with Crippen LogP contribution in [0, 0.1) is 6.92 Å². The Bertz CT molecular complexity index is 1770. The Morgan fingerprint density at radius 1 is 0.884 bits per heavy atom. The van der Waals surface area contributed by atoms with Gasteiger partial charge >= 0.3 is 5.97 Å². The van der Waals surface area contributed by atoms with Crippen LogP contribution in [0.2, 0.25) is 0 Å². The van der Waals surface area contributed by atoms with E-state index in [0.717, 1.165) is 5.56 Å². The van der Waals surface area contributed by atoms with E-state index >= 15 is 0 Å². The number of halogens is 2. The maximum Gasteiger partial charge on any atom is 0.343 e. The van der Waals surface area contributed by atoms with E-state index in [1.54, 1.807) is 78.9 Å². The Balaban J connectivity index is 1.38. The molecular weight excluding hydrogens is 682 g/mol. The lowest BCUT2D eigenvalue weighted by Crippen LogP contribution is -2.32. The van der Waals surface area contributed by atoms with Gasteiger partial charge in [0, 0.05) is 15.6 Å². The summed E-state index contributed by atoms with van der Waals surface area (Å²) in [6.45, 7) is 1.98. The number of carbonyl (C=O) groups is 3. The fraction of sp³-hybridized carbons (Fsp3) is 0.0625. The number of carbonyl (C=O) groups excluding carboxylic acids is 3. The van der Waals surface area contributed by atoms with E-state index in [9.17, 15) is 14.4 Å². The number of fused-ring (bicyclic) bond motifs is 1. The summed E-state index contributed by atoms with van der Waals surface area (Å²) in [5, 5.41) is 6.74. The molecule has 1 aliphatic heterocycles. The van der Waals surface area contributed by atoms with Crippen LogP contribution < -0.4 is 25.0 Å². The topological polar surface area (TPSA) is 115 Å².